The van der Waals surface area contributed by atoms with Crippen molar-refractivity contribution in [1.29, 1.82) is 0 Å². The molecule has 0 radical (unpaired) electrons. The Morgan fingerprint density at radius 3 is 2.67 bits per heavy atom. The Kier molecular flexibility index (Phi) is 6.44. The molecule has 1 aliphatic carbocycles. The Labute approximate surface area is 117 Å². The third-order valence-corrected chi connectivity index (χ3v) is 4.35. The number of piperidine rings is 1. The number of halogens is 1. The van der Waals surface area contributed by atoms with Crippen LogP contribution < -0.4 is 10.6 Å². The lowest BCUT2D eigenvalue weighted by Crippen LogP contribution is -2.45. The summed E-state index contributed by atoms with van der Waals surface area (Å²) in [4.78, 5) is 11.9. The summed E-state index contributed by atoms with van der Waals surface area (Å²) < 4.78 is 0. The zero-order valence-electron chi connectivity index (χ0n) is 11.5. The molecule has 1 amide bonds. The highest BCUT2D eigenvalue weighted by atomic mass is 35.5. The number of carbonyl (C=O) groups is 1. The fourth-order valence-corrected chi connectivity index (χ4v) is 3.13. The molecule has 0 aromatic rings. The molecule has 1 saturated heterocycles. The van der Waals surface area contributed by atoms with Crippen molar-refractivity contribution in [3.05, 3.63) is 0 Å². The van der Waals surface area contributed by atoms with Crippen molar-refractivity contribution in [3.8, 4) is 0 Å². The largest absolute Gasteiger partial charge is 0.356 e. The Balaban J connectivity index is 0.00000162. The zero-order chi connectivity index (χ0) is 12.1. The molecule has 18 heavy (non-hydrogen) atoms. The van der Waals surface area contributed by atoms with E-state index in [0.717, 1.165) is 26.1 Å². The molecular formula is C14H27ClN2O. The second-order valence-electron chi connectivity index (χ2n) is 6.22. The first kappa shape index (κ1) is 15.8. The van der Waals surface area contributed by atoms with Crippen LogP contribution in [0.4, 0.5) is 0 Å². The van der Waals surface area contributed by atoms with Gasteiger partial charge in [-0.1, -0.05) is 19.8 Å². The minimum absolute atomic E-state index is 0. The fourth-order valence-electron chi connectivity index (χ4n) is 3.13. The van der Waals surface area contributed by atoms with Gasteiger partial charge in [0, 0.05) is 19.5 Å². The van der Waals surface area contributed by atoms with Gasteiger partial charge in [0.2, 0.25) is 5.91 Å². The topological polar surface area (TPSA) is 41.1 Å². The fraction of sp³-hybridized carbons (Fsp3) is 0.929. The normalized spacial score (nSPS) is 28.7. The van der Waals surface area contributed by atoms with E-state index in [2.05, 4.69) is 17.6 Å². The van der Waals surface area contributed by atoms with Crippen LogP contribution in [-0.2, 0) is 4.79 Å². The summed E-state index contributed by atoms with van der Waals surface area (Å²) in [6.07, 6.45) is 8.36. The molecule has 106 valence electrons. The SMILES string of the molecule is CC1(CNC(=O)CC2CCCC2)CCCNC1.Cl. The summed E-state index contributed by atoms with van der Waals surface area (Å²) in [6.45, 7) is 5.28. The molecule has 3 nitrogen and oxygen atoms in total. The standard InChI is InChI=1S/C14H26N2O.ClH/c1-14(7-4-8-15-10-14)11-16-13(17)9-12-5-2-3-6-12;/h12,15H,2-11H2,1H3,(H,16,17);1H. The number of hydrogen-bond acceptors (Lipinski definition) is 2. The van der Waals surface area contributed by atoms with E-state index in [-0.39, 0.29) is 23.7 Å². The highest BCUT2D eigenvalue weighted by Gasteiger charge is 2.27. The van der Waals surface area contributed by atoms with E-state index in [4.69, 9.17) is 0 Å². The molecule has 0 aromatic carbocycles. The van der Waals surface area contributed by atoms with Crippen molar-refractivity contribution in [2.75, 3.05) is 19.6 Å². The quantitative estimate of drug-likeness (QED) is 0.827. The van der Waals surface area contributed by atoms with Crippen LogP contribution in [-0.4, -0.2) is 25.5 Å². The van der Waals surface area contributed by atoms with E-state index in [1.54, 1.807) is 0 Å². The number of carbonyl (C=O) groups excluding carboxylic acids is 1. The first-order valence-electron chi connectivity index (χ1n) is 7.15. The molecule has 1 saturated carbocycles. The molecular weight excluding hydrogens is 248 g/mol. The van der Waals surface area contributed by atoms with E-state index < -0.39 is 0 Å². The van der Waals surface area contributed by atoms with Crippen LogP contribution in [0.15, 0.2) is 0 Å². The Morgan fingerprint density at radius 1 is 1.33 bits per heavy atom. The van der Waals surface area contributed by atoms with E-state index in [1.165, 1.54) is 38.5 Å². The maximum Gasteiger partial charge on any atom is 0.220 e. The lowest BCUT2D eigenvalue weighted by Gasteiger charge is -2.34. The number of amides is 1. The molecule has 1 atom stereocenters. The summed E-state index contributed by atoms with van der Waals surface area (Å²) in [5.41, 5.74) is 0.267. The van der Waals surface area contributed by atoms with Gasteiger partial charge in [-0.3, -0.25) is 4.79 Å². The van der Waals surface area contributed by atoms with Crippen LogP contribution in [0.25, 0.3) is 0 Å². The van der Waals surface area contributed by atoms with Crippen molar-refractivity contribution in [1.82, 2.24) is 10.6 Å². The van der Waals surface area contributed by atoms with Crippen molar-refractivity contribution in [2.45, 2.75) is 51.9 Å². The molecule has 4 heteroatoms. The lowest BCUT2D eigenvalue weighted by atomic mass is 9.83. The van der Waals surface area contributed by atoms with Crippen LogP contribution in [0.2, 0.25) is 0 Å². The van der Waals surface area contributed by atoms with E-state index in [0.29, 0.717) is 5.92 Å². The first-order chi connectivity index (χ1) is 8.18. The van der Waals surface area contributed by atoms with Gasteiger partial charge in [-0.25, -0.2) is 0 Å². The molecule has 0 spiro atoms. The Bertz CT molecular complexity index is 259. The van der Waals surface area contributed by atoms with Crippen LogP contribution in [0.5, 0.6) is 0 Å². The second kappa shape index (κ2) is 7.34. The summed E-state index contributed by atoms with van der Waals surface area (Å²) in [5.74, 6) is 0.927. The molecule has 2 aliphatic rings. The van der Waals surface area contributed by atoms with Gasteiger partial charge < -0.3 is 10.6 Å². The van der Waals surface area contributed by atoms with Crippen LogP contribution in [0.1, 0.15) is 51.9 Å². The lowest BCUT2D eigenvalue weighted by molar-refractivity contribution is -0.122. The number of nitrogens with one attached hydrogen (secondary N) is 2. The van der Waals surface area contributed by atoms with E-state index >= 15 is 0 Å². The summed E-state index contributed by atoms with van der Waals surface area (Å²) in [7, 11) is 0. The van der Waals surface area contributed by atoms with Crippen molar-refractivity contribution in [2.24, 2.45) is 11.3 Å². The minimum Gasteiger partial charge on any atom is -0.356 e. The van der Waals surface area contributed by atoms with Crippen molar-refractivity contribution in [3.63, 3.8) is 0 Å². The average Bonchev–Trinajstić information content (AvgIpc) is 2.80. The third-order valence-electron chi connectivity index (χ3n) is 4.35. The van der Waals surface area contributed by atoms with Gasteiger partial charge in [-0.2, -0.15) is 0 Å². The van der Waals surface area contributed by atoms with E-state index in [9.17, 15) is 4.79 Å². The summed E-state index contributed by atoms with van der Waals surface area (Å²) in [5, 5.41) is 6.56. The van der Waals surface area contributed by atoms with Gasteiger partial charge in [0.05, 0.1) is 0 Å². The van der Waals surface area contributed by atoms with Gasteiger partial charge in [-0.15, -0.1) is 12.4 Å². The second-order valence-corrected chi connectivity index (χ2v) is 6.22. The average molecular weight is 275 g/mol. The van der Waals surface area contributed by atoms with Gasteiger partial charge in [0.1, 0.15) is 0 Å². The monoisotopic (exact) mass is 274 g/mol. The maximum absolute atomic E-state index is 11.9. The smallest absolute Gasteiger partial charge is 0.220 e. The molecule has 1 heterocycles. The highest BCUT2D eigenvalue weighted by Crippen LogP contribution is 2.28. The van der Waals surface area contributed by atoms with Crippen molar-refractivity contribution < 1.29 is 4.79 Å². The molecule has 1 unspecified atom stereocenters. The van der Waals surface area contributed by atoms with Crippen LogP contribution in [0.3, 0.4) is 0 Å². The Morgan fingerprint density at radius 2 is 2.06 bits per heavy atom. The predicted molar refractivity (Wildman–Crippen MR) is 77.0 cm³/mol. The molecule has 1 aliphatic heterocycles. The maximum atomic E-state index is 11.9. The molecule has 0 aromatic heterocycles. The van der Waals surface area contributed by atoms with Crippen LogP contribution >= 0.6 is 12.4 Å². The first-order valence-corrected chi connectivity index (χ1v) is 7.15. The van der Waals surface area contributed by atoms with Gasteiger partial charge in [-0.05, 0) is 43.6 Å². The molecule has 2 rings (SSSR count). The predicted octanol–water partition coefficient (Wildman–Crippen LogP) is 2.49. The zero-order valence-corrected chi connectivity index (χ0v) is 12.3. The molecule has 2 fully saturated rings. The molecule has 0 bridgehead atoms. The highest BCUT2D eigenvalue weighted by molar-refractivity contribution is 5.85. The van der Waals surface area contributed by atoms with Crippen LogP contribution in [0, 0.1) is 11.3 Å². The summed E-state index contributed by atoms with van der Waals surface area (Å²) in [6, 6.07) is 0. The number of rotatable bonds is 4. The molecule has 2 N–H and O–H groups in total. The third kappa shape index (κ3) is 4.77. The Hall–Kier alpha value is -0.280. The van der Waals surface area contributed by atoms with Gasteiger partial charge in [0.15, 0.2) is 0 Å². The number of hydrogen-bond donors (Lipinski definition) is 2. The summed E-state index contributed by atoms with van der Waals surface area (Å²) >= 11 is 0. The van der Waals surface area contributed by atoms with E-state index in [1.807, 2.05) is 0 Å². The van der Waals surface area contributed by atoms with Gasteiger partial charge in [0.25, 0.3) is 0 Å². The minimum atomic E-state index is 0. The van der Waals surface area contributed by atoms with Crippen molar-refractivity contribution >= 4 is 18.3 Å². The van der Waals surface area contributed by atoms with Gasteiger partial charge >= 0.3 is 0 Å².